The van der Waals surface area contributed by atoms with Crippen LogP contribution in [-0.4, -0.2) is 176 Å². The molecule has 0 atom stereocenters. The lowest BCUT2D eigenvalue weighted by atomic mass is 10.1. The van der Waals surface area contributed by atoms with Gasteiger partial charge in [-0.1, -0.05) is 89.0 Å². The second-order valence-electron chi connectivity index (χ2n) is 27.6. The van der Waals surface area contributed by atoms with Crippen LogP contribution in [-0.2, 0) is 18.9 Å². The van der Waals surface area contributed by atoms with Crippen LogP contribution >= 0.6 is 23.1 Å². The maximum absolute atomic E-state index is 12.6. The Hall–Kier alpha value is -5.00. The SMILES string of the molecule is CC[N+](CC)(CC)CCCOc1c(C)sc(C)c1C.Cc1cc(C)cc(F)c1.Cc1cc(F)c(C)cc1F.Cc1cc(OCCOCCOCC[N+](C)(C)C)c(C)cc1OCCOCCOCC[N+](C)(C)C.Cc1ccc(C)c2nsnc12.Cc1ccc(C)cc1.Cc1cccc(C)c1.[Br-].[Br-].[Cl-]. The summed E-state index contributed by atoms with van der Waals surface area (Å²) in [5.74, 6) is 2.00. The van der Waals surface area contributed by atoms with Crippen molar-refractivity contribution in [1.82, 2.24) is 8.75 Å². The van der Waals surface area contributed by atoms with E-state index < -0.39 is 0 Å². The summed E-state index contributed by atoms with van der Waals surface area (Å²) in [5.41, 5.74) is 15.9. The minimum atomic E-state index is -0.348. The molecule has 2 heterocycles. The fourth-order valence-electron chi connectivity index (χ4n) is 9.74. The second-order valence-corrected chi connectivity index (χ2v) is 29.5. The molecule has 0 saturated carbocycles. The summed E-state index contributed by atoms with van der Waals surface area (Å²) in [5, 5.41) is 0. The number of ether oxygens (including phenoxy) is 7. The van der Waals surface area contributed by atoms with Gasteiger partial charge in [0.15, 0.2) is 0 Å². The van der Waals surface area contributed by atoms with E-state index in [1.54, 1.807) is 0 Å². The van der Waals surface area contributed by atoms with Crippen LogP contribution in [0.4, 0.5) is 13.2 Å². The highest BCUT2D eigenvalue weighted by molar-refractivity contribution is 7.12. The molecule has 8 aromatic rings. The maximum Gasteiger partial charge on any atom is 0.136 e. The molecule has 0 unspecified atom stereocenters. The average molecular weight is 1610 g/mol. The van der Waals surface area contributed by atoms with Gasteiger partial charge in [-0.15, -0.1) is 11.3 Å². The van der Waals surface area contributed by atoms with Crippen LogP contribution in [0.2, 0.25) is 0 Å². The van der Waals surface area contributed by atoms with Gasteiger partial charge in [-0.3, -0.25) is 0 Å². The molecule has 2 aromatic heterocycles. The summed E-state index contributed by atoms with van der Waals surface area (Å²) in [6, 6.07) is 32.5. The number of aromatic nitrogens is 2. The smallest absolute Gasteiger partial charge is 0.136 e. The van der Waals surface area contributed by atoms with E-state index in [2.05, 4.69) is 195 Å². The van der Waals surface area contributed by atoms with Crippen LogP contribution in [0.15, 0.2) is 103 Å². The van der Waals surface area contributed by atoms with Crippen molar-refractivity contribution in [1.29, 1.82) is 0 Å². The summed E-state index contributed by atoms with van der Waals surface area (Å²) in [7, 11) is 12.9. The first-order chi connectivity index (χ1) is 46.6. The normalized spacial score (nSPS) is 10.7. The molecule has 0 amide bonds. The largest absolute Gasteiger partial charge is 1.00 e. The quantitative estimate of drug-likeness (QED) is 0.0352. The van der Waals surface area contributed by atoms with Crippen molar-refractivity contribution in [2.75, 3.05) is 154 Å². The van der Waals surface area contributed by atoms with Gasteiger partial charge in [0, 0.05) is 21.7 Å². The number of rotatable bonds is 28. The topological polar surface area (TPSA) is 90.4 Å². The van der Waals surface area contributed by atoms with E-state index in [9.17, 15) is 13.2 Å². The third-order valence-corrected chi connectivity index (χ3v) is 18.0. The van der Waals surface area contributed by atoms with Crippen LogP contribution in [0.3, 0.4) is 0 Å². The number of hydrogen-bond donors (Lipinski definition) is 0. The van der Waals surface area contributed by atoms with Gasteiger partial charge >= 0.3 is 0 Å². The van der Waals surface area contributed by atoms with E-state index in [-0.39, 0.29) is 63.8 Å². The van der Waals surface area contributed by atoms with Crippen molar-refractivity contribution in [3.05, 3.63) is 203 Å². The minimum Gasteiger partial charge on any atom is -1.00 e. The number of likely N-dealkylation sites (N-methyl/N-ethyl adjacent to an activating group) is 2. The molecule has 0 aliphatic carbocycles. The Labute approximate surface area is 649 Å². The van der Waals surface area contributed by atoms with Crippen LogP contribution in [0.1, 0.15) is 109 Å². The summed E-state index contributed by atoms with van der Waals surface area (Å²) < 4.78 is 89.2. The molecule has 102 heavy (non-hydrogen) atoms. The molecule has 0 aliphatic heterocycles. The number of halogens is 6. The highest BCUT2D eigenvalue weighted by Crippen LogP contribution is 2.34. The summed E-state index contributed by atoms with van der Waals surface area (Å²) >= 11 is 3.13. The molecule has 0 N–H and O–H groups in total. The summed E-state index contributed by atoms with van der Waals surface area (Å²) in [4.78, 5) is 2.70. The lowest BCUT2D eigenvalue weighted by molar-refractivity contribution is -0.923. The number of aryl methyl sites for hydroxylation is 14. The predicted octanol–water partition coefficient (Wildman–Crippen LogP) is 9.81. The third-order valence-electron chi connectivity index (χ3n) is 16.4. The number of quaternary nitrogens is 3. The average Bonchev–Trinajstić information content (AvgIpc) is 1.62. The first-order valence-corrected chi connectivity index (χ1v) is 36.4. The highest BCUT2D eigenvalue weighted by Gasteiger charge is 2.20. The number of fused-ring (bicyclic) bond motifs is 1. The first kappa shape index (κ1) is 99.1. The van der Waals surface area contributed by atoms with Gasteiger partial charge in [0.05, 0.1) is 140 Å². The molecule has 0 fully saturated rings. The van der Waals surface area contributed by atoms with Gasteiger partial charge < -0.3 is 93.0 Å². The fraction of sp³-hybridized carbons (Fsp3) is 0.512. The molecule has 0 bridgehead atoms. The third kappa shape index (κ3) is 42.2. The Kier molecular flexibility index (Phi) is 51.4. The van der Waals surface area contributed by atoms with Crippen LogP contribution in [0.5, 0.6) is 17.2 Å². The lowest BCUT2D eigenvalue weighted by Crippen LogP contribution is -3.00. The monoisotopic (exact) mass is 1610 g/mol. The Morgan fingerprint density at radius 3 is 1.08 bits per heavy atom. The zero-order valence-electron chi connectivity index (χ0n) is 66.2. The molecule has 0 radical (unpaired) electrons. The van der Waals surface area contributed by atoms with Crippen LogP contribution < -0.4 is 60.6 Å². The zero-order valence-corrected chi connectivity index (χ0v) is 71.8. The first-order valence-electron chi connectivity index (χ1n) is 34.9. The van der Waals surface area contributed by atoms with Crippen molar-refractivity contribution < 1.29 is 106 Å². The van der Waals surface area contributed by atoms with Gasteiger partial charge in [0.1, 0.15) is 72.0 Å². The van der Waals surface area contributed by atoms with Gasteiger partial charge in [-0.2, -0.15) is 8.75 Å². The number of benzene rings is 6. The second kappa shape index (κ2) is 52.9. The van der Waals surface area contributed by atoms with E-state index in [4.69, 9.17) is 33.2 Å². The molecule has 20 heteroatoms. The summed E-state index contributed by atoms with van der Waals surface area (Å²) in [6.45, 7) is 50.5. The molecule has 0 spiro atoms. The zero-order chi connectivity index (χ0) is 74.3. The lowest BCUT2D eigenvalue weighted by Gasteiger charge is -2.35. The van der Waals surface area contributed by atoms with Crippen molar-refractivity contribution in [3.63, 3.8) is 0 Å². The standard InChI is InChI=1S/C26H50N2O6.C16H30NOS.C8H8F2.C8H9F.C8H8N2S.2C8H10.2BrH.ClH/c1-23-21-26(34-20-18-32-16-14-30-12-10-28(6,7)8)24(2)22-25(23)33-19-17-31-15-13-29-11-9-27(3,4)5;1-7-17(8-2,9-3)11-10-12-18-16-13(4)14(5)19-15(16)6;1-5-3-8(10)6(2)4-7(5)9;1-6-3-7(2)5-8(9)4-6;1-5-3-4-6(2)8-7(5)9-11-10-8;1-7-3-5-8(2)6-4-7;1-7-4-3-5-8(2)6-7;;;/h21-22H,9-20H2,1-8H3;7-12H2,1-6H3;3-4H,1-2H3;3-5H,1-2H3;3-4H,1-2H3;2*3-6H,1-2H3;3*1H/q+2;+1;;;;;;;;/p-3. The van der Waals surface area contributed by atoms with Crippen LogP contribution in [0, 0.1) is 121 Å². The Balaban J connectivity index is 0. The number of thiophene rings is 1. The Morgan fingerprint density at radius 2 is 0.745 bits per heavy atom. The van der Waals surface area contributed by atoms with E-state index >= 15 is 0 Å². The molecule has 0 aliphatic rings. The number of nitrogens with zero attached hydrogens (tertiary/aromatic N) is 5. The minimum absolute atomic E-state index is 0. The molecular formula is C82H125Br2ClF3N5O7S2. The van der Waals surface area contributed by atoms with E-state index in [1.165, 1.54) is 129 Å². The molecule has 574 valence electrons. The summed E-state index contributed by atoms with van der Waals surface area (Å²) in [6.07, 6.45) is 1.14. The van der Waals surface area contributed by atoms with E-state index in [0.29, 0.717) is 64.0 Å². The fourth-order valence-corrected chi connectivity index (χ4v) is 11.4. The molecular weight excluding hydrogens is 1480 g/mol. The molecule has 6 aromatic carbocycles. The van der Waals surface area contributed by atoms with Gasteiger partial charge in [0.25, 0.3) is 0 Å². The highest BCUT2D eigenvalue weighted by atomic mass is 79.9. The Morgan fingerprint density at radius 1 is 0.373 bits per heavy atom. The van der Waals surface area contributed by atoms with Gasteiger partial charge in [0.2, 0.25) is 0 Å². The molecule has 8 rings (SSSR count). The Bertz CT molecular complexity index is 3320. The van der Waals surface area contributed by atoms with Gasteiger partial charge in [-0.05, 0) is 206 Å². The molecule has 12 nitrogen and oxygen atoms in total. The van der Waals surface area contributed by atoms with E-state index in [1.807, 2.05) is 57.2 Å². The van der Waals surface area contributed by atoms with E-state index in [0.717, 1.165) is 98.8 Å². The maximum atomic E-state index is 12.6. The van der Waals surface area contributed by atoms with Crippen molar-refractivity contribution >= 4 is 34.1 Å². The van der Waals surface area contributed by atoms with Crippen LogP contribution in [0.25, 0.3) is 11.0 Å². The number of hydrogen-bond acceptors (Lipinski definition) is 11. The van der Waals surface area contributed by atoms with Crippen molar-refractivity contribution in [2.24, 2.45) is 0 Å². The van der Waals surface area contributed by atoms with Gasteiger partial charge in [-0.25, -0.2) is 13.2 Å². The predicted molar refractivity (Wildman–Crippen MR) is 412 cm³/mol. The van der Waals surface area contributed by atoms with Crippen molar-refractivity contribution in [2.45, 2.75) is 131 Å². The molecule has 0 saturated heterocycles. The van der Waals surface area contributed by atoms with Crippen molar-refractivity contribution in [3.8, 4) is 17.2 Å².